The Morgan fingerprint density at radius 2 is 2.06 bits per heavy atom. The normalized spacial score (nSPS) is 10.9. The van der Waals surface area contributed by atoms with Gasteiger partial charge in [-0.05, 0) is 39.4 Å². The molecule has 1 aromatic rings. The second-order valence-corrected chi connectivity index (χ2v) is 4.96. The Hall–Kier alpha value is -0.730. The smallest absolute Gasteiger partial charge is 0.0471 e. The number of rotatable bonds is 6. The van der Waals surface area contributed by atoms with Crippen LogP contribution in [0.25, 0.3) is 0 Å². The third kappa shape index (κ3) is 3.62. The van der Waals surface area contributed by atoms with Crippen molar-refractivity contribution in [3.8, 4) is 0 Å². The van der Waals surface area contributed by atoms with Crippen LogP contribution in [0.4, 0.5) is 5.69 Å². The molecule has 0 aromatic heterocycles. The Morgan fingerprint density at radius 3 is 2.59 bits per heavy atom. The lowest BCUT2D eigenvalue weighted by atomic mass is 10.1. The fourth-order valence-corrected chi connectivity index (χ4v) is 2.30. The molecule has 0 aliphatic heterocycles. The van der Waals surface area contributed by atoms with Crippen LogP contribution < -0.4 is 10.2 Å². The van der Waals surface area contributed by atoms with Gasteiger partial charge in [-0.25, -0.2) is 0 Å². The first-order valence-electron chi connectivity index (χ1n) is 6.30. The van der Waals surface area contributed by atoms with E-state index in [9.17, 15) is 0 Å². The first-order chi connectivity index (χ1) is 8.11. The summed E-state index contributed by atoms with van der Waals surface area (Å²) in [7, 11) is 1.95. The summed E-state index contributed by atoms with van der Waals surface area (Å²) in [6.07, 6.45) is 1.14. The Balaban J connectivity index is 3.12. The van der Waals surface area contributed by atoms with Crippen molar-refractivity contribution in [3.63, 3.8) is 0 Å². The second kappa shape index (κ2) is 6.87. The lowest BCUT2D eigenvalue weighted by molar-refractivity contribution is 0.664. The second-order valence-electron chi connectivity index (χ2n) is 4.55. The molecule has 0 aliphatic carbocycles. The van der Waals surface area contributed by atoms with E-state index in [4.69, 9.17) is 11.6 Å². The van der Waals surface area contributed by atoms with Crippen molar-refractivity contribution in [3.05, 3.63) is 28.8 Å². The third-order valence-corrected chi connectivity index (χ3v) is 3.20. The molecule has 0 saturated carbocycles. The van der Waals surface area contributed by atoms with Crippen molar-refractivity contribution in [2.75, 3.05) is 18.5 Å². The highest BCUT2D eigenvalue weighted by atomic mass is 35.5. The molecule has 0 spiro atoms. The molecular weight excluding hydrogens is 232 g/mol. The Bertz CT molecular complexity index is 350. The highest BCUT2D eigenvalue weighted by Gasteiger charge is 2.15. The minimum atomic E-state index is 0.490. The molecule has 2 nitrogen and oxygen atoms in total. The average Bonchev–Trinajstić information content (AvgIpc) is 2.29. The summed E-state index contributed by atoms with van der Waals surface area (Å²) < 4.78 is 0. The minimum Gasteiger partial charge on any atom is -0.369 e. The molecule has 0 atom stereocenters. The maximum Gasteiger partial charge on any atom is 0.0471 e. The lowest BCUT2D eigenvalue weighted by Crippen LogP contribution is -2.32. The fourth-order valence-electron chi connectivity index (χ4n) is 2.07. The van der Waals surface area contributed by atoms with Gasteiger partial charge in [0, 0.05) is 35.4 Å². The number of hydrogen-bond donors (Lipinski definition) is 1. The van der Waals surface area contributed by atoms with Gasteiger partial charge in [0.15, 0.2) is 0 Å². The van der Waals surface area contributed by atoms with E-state index in [0.717, 1.165) is 24.5 Å². The molecule has 0 saturated heterocycles. The lowest BCUT2D eigenvalue weighted by Gasteiger charge is -2.31. The maximum absolute atomic E-state index is 6.29. The number of halogens is 1. The highest BCUT2D eigenvalue weighted by Crippen LogP contribution is 2.29. The van der Waals surface area contributed by atoms with Crippen LogP contribution in [-0.4, -0.2) is 19.6 Å². The maximum atomic E-state index is 6.29. The van der Waals surface area contributed by atoms with E-state index in [1.165, 1.54) is 11.3 Å². The van der Waals surface area contributed by atoms with E-state index in [2.05, 4.69) is 37.1 Å². The van der Waals surface area contributed by atoms with Gasteiger partial charge >= 0.3 is 0 Å². The largest absolute Gasteiger partial charge is 0.369 e. The van der Waals surface area contributed by atoms with Crippen LogP contribution in [0.3, 0.4) is 0 Å². The third-order valence-electron chi connectivity index (χ3n) is 2.84. The monoisotopic (exact) mass is 254 g/mol. The highest BCUT2D eigenvalue weighted by molar-refractivity contribution is 6.31. The molecule has 0 unspecified atom stereocenters. The average molecular weight is 255 g/mol. The number of benzene rings is 1. The van der Waals surface area contributed by atoms with Crippen LogP contribution in [-0.2, 0) is 6.54 Å². The van der Waals surface area contributed by atoms with Crippen LogP contribution in [0.1, 0.15) is 32.8 Å². The van der Waals surface area contributed by atoms with Crippen LogP contribution in [0.5, 0.6) is 0 Å². The minimum absolute atomic E-state index is 0.490. The van der Waals surface area contributed by atoms with Gasteiger partial charge in [-0.1, -0.05) is 24.6 Å². The fraction of sp³-hybridized carbons (Fsp3) is 0.571. The summed E-state index contributed by atoms with van der Waals surface area (Å²) >= 11 is 6.29. The number of anilines is 1. The van der Waals surface area contributed by atoms with Gasteiger partial charge in [-0.3, -0.25) is 0 Å². The molecule has 0 heterocycles. The predicted molar refractivity (Wildman–Crippen MR) is 77.0 cm³/mol. The van der Waals surface area contributed by atoms with Gasteiger partial charge in [-0.15, -0.1) is 0 Å². The van der Waals surface area contributed by atoms with E-state index < -0.39 is 0 Å². The van der Waals surface area contributed by atoms with E-state index in [0.29, 0.717) is 6.04 Å². The molecule has 0 amide bonds. The Kier molecular flexibility index (Phi) is 5.79. The molecule has 17 heavy (non-hydrogen) atoms. The Morgan fingerprint density at radius 1 is 1.35 bits per heavy atom. The molecule has 0 aliphatic rings. The molecular formula is C14H23ClN2. The van der Waals surface area contributed by atoms with Crippen LogP contribution in [0, 0.1) is 0 Å². The summed E-state index contributed by atoms with van der Waals surface area (Å²) in [5.41, 5.74) is 2.45. The van der Waals surface area contributed by atoms with Crippen LogP contribution in [0.15, 0.2) is 18.2 Å². The molecule has 1 aromatic carbocycles. The van der Waals surface area contributed by atoms with Gasteiger partial charge in [0.25, 0.3) is 0 Å². The van der Waals surface area contributed by atoms with Crippen molar-refractivity contribution >= 4 is 17.3 Å². The SMILES string of the molecule is CCCN(c1cccc(Cl)c1CNC)C(C)C. The molecule has 1 N–H and O–H groups in total. The summed E-state index contributed by atoms with van der Waals surface area (Å²) in [5, 5.41) is 4.04. The Labute approximate surface area is 110 Å². The summed E-state index contributed by atoms with van der Waals surface area (Å²) in [6, 6.07) is 6.64. The van der Waals surface area contributed by atoms with Gasteiger partial charge in [0.05, 0.1) is 0 Å². The molecule has 0 bridgehead atoms. The number of nitrogens with zero attached hydrogens (tertiary/aromatic N) is 1. The predicted octanol–water partition coefficient (Wildman–Crippen LogP) is 3.68. The zero-order chi connectivity index (χ0) is 12.8. The molecule has 0 radical (unpaired) electrons. The van der Waals surface area contributed by atoms with Crippen molar-refractivity contribution in [2.24, 2.45) is 0 Å². The molecule has 1 rings (SSSR count). The first kappa shape index (κ1) is 14.3. The first-order valence-corrected chi connectivity index (χ1v) is 6.68. The standard InChI is InChI=1S/C14H23ClN2/c1-5-9-17(11(2)3)14-8-6-7-13(15)12(14)10-16-4/h6-8,11,16H,5,9-10H2,1-4H3. The van der Waals surface area contributed by atoms with Crippen molar-refractivity contribution < 1.29 is 0 Å². The van der Waals surface area contributed by atoms with Crippen LogP contribution in [0.2, 0.25) is 5.02 Å². The van der Waals surface area contributed by atoms with E-state index in [-0.39, 0.29) is 0 Å². The quantitative estimate of drug-likeness (QED) is 0.833. The number of hydrogen-bond acceptors (Lipinski definition) is 2. The van der Waals surface area contributed by atoms with Gasteiger partial charge < -0.3 is 10.2 Å². The zero-order valence-electron chi connectivity index (χ0n) is 11.3. The summed E-state index contributed by atoms with van der Waals surface area (Å²) in [5.74, 6) is 0. The van der Waals surface area contributed by atoms with Crippen molar-refractivity contribution in [1.82, 2.24) is 5.32 Å². The van der Waals surface area contributed by atoms with Crippen molar-refractivity contribution in [1.29, 1.82) is 0 Å². The molecule has 3 heteroatoms. The van der Waals surface area contributed by atoms with Crippen molar-refractivity contribution in [2.45, 2.75) is 39.8 Å². The topological polar surface area (TPSA) is 15.3 Å². The van der Waals surface area contributed by atoms with E-state index in [1.54, 1.807) is 0 Å². The molecule has 96 valence electrons. The van der Waals surface area contributed by atoms with Gasteiger partial charge in [-0.2, -0.15) is 0 Å². The van der Waals surface area contributed by atoms with Gasteiger partial charge in [0.2, 0.25) is 0 Å². The number of nitrogens with one attached hydrogen (secondary N) is 1. The van der Waals surface area contributed by atoms with Gasteiger partial charge in [0.1, 0.15) is 0 Å². The van der Waals surface area contributed by atoms with E-state index >= 15 is 0 Å². The van der Waals surface area contributed by atoms with Crippen LogP contribution >= 0.6 is 11.6 Å². The summed E-state index contributed by atoms with van der Waals surface area (Å²) in [6.45, 7) is 8.52. The summed E-state index contributed by atoms with van der Waals surface area (Å²) in [4.78, 5) is 2.42. The zero-order valence-corrected chi connectivity index (χ0v) is 12.0. The van der Waals surface area contributed by atoms with E-state index in [1.807, 2.05) is 19.2 Å². The molecule has 0 fully saturated rings.